The highest BCUT2D eigenvalue weighted by Crippen LogP contribution is 2.33. The van der Waals surface area contributed by atoms with Gasteiger partial charge in [0.1, 0.15) is 10.6 Å². The molecule has 1 aliphatic rings. The summed E-state index contributed by atoms with van der Waals surface area (Å²) in [7, 11) is -3.69. The molecule has 3 rings (SSSR count). The van der Waals surface area contributed by atoms with Gasteiger partial charge in [0.05, 0.1) is 4.92 Å². The van der Waals surface area contributed by atoms with Crippen molar-refractivity contribution in [2.24, 2.45) is 5.92 Å². The second kappa shape index (κ2) is 7.97. The van der Waals surface area contributed by atoms with E-state index in [1.807, 2.05) is 25.1 Å². The van der Waals surface area contributed by atoms with Gasteiger partial charge in [-0.25, -0.2) is 8.42 Å². The van der Waals surface area contributed by atoms with Gasteiger partial charge in [-0.1, -0.05) is 23.7 Å². The zero-order valence-electron chi connectivity index (χ0n) is 15.7. The monoisotopic (exact) mass is 423 g/mol. The van der Waals surface area contributed by atoms with Crippen LogP contribution in [0, 0.1) is 23.0 Å². The van der Waals surface area contributed by atoms with Gasteiger partial charge >= 0.3 is 5.69 Å². The van der Waals surface area contributed by atoms with E-state index in [0.29, 0.717) is 11.6 Å². The van der Waals surface area contributed by atoms with Crippen LogP contribution in [0.3, 0.4) is 0 Å². The minimum atomic E-state index is -3.69. The van der Waals surface area contributed by atoms with Crippen LogP contribution in [0.15, 0.2) is 41.3 Å². The van der Waals surface area contributed by atoms with Crippen molar-refractivity contribution in [2.45, 2.75) is 18.2 Å². The molecule has 0 aromatic heterocycles. The lowest BCUT2D eigenvalue weighted by Crippen LogP contribution is -2.23. The minimum absolute atomic E-state index is 0.227. The van der Waals surface area contributed by atoms with Crippen molar-refractivity contribution in [2.75, 3.05) is 36.1 Å². The van der Waals surface area contributed by atoms with Crippen LogP contribution in [0.1, 0.15) is 12.0 Å². The van der Waals surface area contributed by atoms with Gasteiger partial charge in [-0.3, -0.25) is 10.1 Å². The standard InChI is InChI=1S/C19H22ClN3O4S/c1-13-6-7-15(20)10-17(13)22-9-8-14(12-22)11-21-16-4-3-5-18(28(2,26)27)19(16)23(24)25/h3-7,10,14,21H,8-9,11-12H2,1-2H3. The molecule has 150 valence electrons. The fourth-order valence-corrected chi connectivity index (χ4v) is 4.58. The Balaban J connectivity index is 1.74. The van der Waals surface area contributed by atoms with Gasteiger partial charge in [0, 0.05) is 36.6 Å². The highest BCUT2D eigenvalue weighted by molar-refractivity contribution is 7.90. The molecule has 0 aliphatic carbocycles. The lowest BCUT2D eigenvalue weighted by atomic mass is 10.1. The molecule has 0 bridgehead atoms. The van der Waals surface area contributed by atoms with Gasteiger partial charge in [-0.05, 0) is 49.1 Å². The van der Waals surface area contributed by atoms with E-state index in [1.54, 1.807) is 6.07 Å². The molecule has 1 aliphatic heterocycles. The van der Waals surface area contributed by atoms with Gasteiger partial charge in [-0.2, -0.15) is 0 Å². The summed E-state index contributed by atoms with van der Waals surface area (Å²) in [6.45, 7) is 4.23. The van der Waals surface area contributed by atoms with Crippen molar-refractivity contribution >= 4 is 38.5 Å². The third-order valence-corrected chi connectivity index (χ3v) is 6.32. The average Bonchev–Trinajstić information content (AvgIpc) is 3.09. The van der Waals surface area contributed by atoms with Crippen LogP contribution in [0.2, 0.25) is 5.02 Å². The molecule has 0 amide bonds. The van der Waals surface area contributed by atoms with E-state index in [1.165, 1.54) is 12.1 Å². The van der Waals surface area contributed by atoms with E-state index in [0.717, 1.165) is 37.0 Å². The summed E-state index contributed by atoms with van der Waals surface area (Å²) in [6.07, 6.45) is 1.90. The molecule has 1 N–H and O–H groups in total. The van der Waals surface area contributed by atoms with E-state index in [4.69, 9.17) is 11.6 Å². The Bertz CT molecular complexity index is 1010. The topological polar surface area (TPSA) is 92.6 Å². The number of anilines is 2. The van der Waals surface area contributed by atoms with Crippen molar-refractivity contribution in [3.63, 3.8) is 0 Å². The third kappa shape index (κ3) is 4.39. The van der Waals surface area contributed by atoms with E-state index >= 15 is 0 Å². The molecule has 0 radical (unpaired) electrons. The first-order valence-corrected chi connectivity index (χ1v) is 11.2. The molecule has 1 saturated heterocycles. The highest BCUT2D eigenvalue weighted by atomic mass is 35.5. The molecule has 28 heavy (non-hydrogen) atoms. The van der Waals surface area contributed by atoms with Gasteiger partial charge in [0.15, 0.2) is 9.84 Å². The average molecular weight is 424 g/mol. The molecule has 0 spiro atoms. The first kappa shape index (κ1) is 20.4. The molecule has 2 aromatic carbocycles. The van der Waals surface area contributed by atoms with Gasteiger partial charge in [-0.15, -0.1) is 0 Å². The molecule has 9 heteroatoms. The maximum absolute atomic E-state index is 11.9. The zero-order valence-corrected chi connectivity index (χ0v) is 17.3. The lowest BCUT2D eigenvalue weighted by molar-refractivity contribution is -0.386. The van der Waals surface area contributed by atoms with Crippen molar-refractivity contribution < 1.29 is 13.3 Å². The summed E-state index contributed by atoms with van der Waals surface area (Å²) in [4.78, 5) is 12.8. The largest absolute Gasteiger partial charge is 0.379 e. The number of nitro benzene ring substituents is 1. The Morgan fingerprint density at radius 2 is 2.07 bits per heavy atom. The Kier molecular flexibility index (Phi) is 5.81. The summed E-state index contributed by atoms with van der Waals surface area (Å²) in [5.74, 6) is 0.278. The number of nitrogens with zero attached hydrogens (tertiary/aromatic N) is 2. The van der Waals surface area contributed by atoms with E-state index in [9.17, 15) is 18.5 Å². The minimum Gasteiger partial charge on any atom is -0.379 e. The normalized spacial score (nSPS) is 17.0. The molecule has 7 nitrogen and oxygen atoms in total. The number of hydrogen-bond donors (Lipinski definition) is 1. The molecule has 1 heterocycles. The number of sulfone groups is 1. The van der Waals surface area contributed by atoms with Gasteiger partial charge < -0.3 is 10.2 Å². The predicted molar refractivity (Wildman–Crippen MR) is 111 cm³/mol. The number of rotatable bonds is 6. The molecular weight excluding hydrogens is 402 g/mol. The third-order valence-electron chi connectivity index (χ3n) is 4.96. The fourth-order valence-electron chi connectivity index (χ4n) is 3.55. The maximum Gasteiger partial charge on any atom is 0.310 e. The summed E-state index contributed by atoms with van der Waals surface area (Å²) in [5.41, 5.74) is 2.07. The fraction of sp³-hybridized carbons (Fsp3) is 0.368. The number of nitro groups is 1. The van der Waals surface area contributed by atoms with Crippen LogP contribution in [0.4, 0.5) is 17.1 Å². The number of para-hydroxylation sites is 1. The predicted octanol–water partition coefficient (Wildman–Crippen LogP) is 3.90. The molecule has 1 atom stereocenters. The smallest absolute Gasteiger partial charge is 0.310 e. The molecule has 0 saturated carbocycles. The van der Waals surface area contributed by atoms with Gasteiger partial charge in [0.2, 0.25) is 0 Å². The highest BCUT2D eigenvalue weighted by Gasteiger charge is 2.28. The van der Waals surface area contributed by atoms with Crippen molar-refractivity contribution in [1.82, 2.24) is 0 Å². The van der Waals surface area contributed by atoms with Crippen molar-refractivity contribution in [3.05, 3.63) is 57.1 Å². The van der Waals surface area contributed by atoms with Crippen LogP contribution in [-0.4, -0.2) is 39.2 Å². The van der Waals surface area contributed by atoms with Gasteiger partial charge in [0.25, 0.3) is 0 Å². The van der Waals surface area contributed by atoms with Crippen LogP contribution in [0.25, 0.3) is 0 Å². The molecule has 2 aromatic rings. The second-order valence-electron chi connectivity index (χ2n) is 7.09. The number of aryl methyl sites for hydroxylation is 1. The van der Waals surface area contributed by atoms with Crippen molar-refractivity contribution in [1.29, 1.82) is 0 Å². The van der Waals surface area contributed by atoms with E-state index in [-0.39, 0.29) is 16.5 Å². The van der Waals surface area contributed by atoms with E-state index in [2.05, 4.69) is 10.2 Å². The number of benzene rings is 2. The van der Waals surface area contributed by atoms with Crippen LogP contribution < -0.4 is 10.2 Å². The first-order valence-electron chi connectivity index (χ1n) is 8.89. The molecule has 1 fully saturated rings. The van der Waals surface area contributed by atoms with Crippen LogP contribution >= 0.6 is 11.6 Å². The summed E-state index contributed by atoms with van der Waals surface area (Å²) >= 11 is 6.12. The quantitative estimate of drug-likeness (QED) is 0.559. The summed E-state index contributed by atoms with van der Waals surface area (Å²) < 4.78 is 23.8. The molecule has 1 unspecified atom stereocenters. The van der Waals surface area contributed by atoms with Crippen LogP contribution in [-0.2, 0) is 9.84 Å². The number of nitrogens with one attached hydrogen (secondary N) is 1. The Hall–Kier alpha value is -2.32. The lowest BCUT2D eigenvalue weighted by Gasteiger charge is -2.21. The Labute approximate surface area is 169 Å². The summed E-state index contributed by atoms with van der Waals surface area (Å²) in [5, 5.41) is 15.3. The first-order chi connectivity index (χ1) is 13.2. The number of halogens is 1. The SMILES string of the molecule is Cc1ccc(Cl)cc1N1CCC(CNc2cccc(S(C)(=O)=O)c2[N+](=O)[O-])C1. The number of hydrogen-bond acceptors (Lipinski definition) is 6. The van der Waals surface area contributed by atoms with Crippen molar-refractivity contribution in [3.8, 4) is 0 Å². The Morgan fingerprint density at radius 3 is 2.75 bits per heavy atom. The summed E-state index contributed by atoms with van der Waals surface area (Å²) in [6, 6.07) is 10.1. The maximum atomic E-state index is 11.9. The van der Waals surface area contributed by atoms with E-state index < -0.39 is 20.4 Å². The van der Waals surface area contributed by atoms with Crippen LogP contribution in [0.5, 0.6) is 0 Å². The second-order valence-corrected chi connectivity index (χ2v) is 9.51. The zero-order chi connectivity index (χ0) is 20.5. The molecular formula is C19H22ClN3O4S. The Morgan fingerprint density at radius 1 is 1.32 bits per heavy atom.